The van der Waals surface area contributed by atoms with E-state index >= 15 is 0 Å². The maximum absolute atomic E-state index is 12.4. The second-order valence-electron chi connectivity index (χ2n) is 4.95. The van der Waals surface area contributed by atoms with E-state index in [0.29, 0.717) is 28.8 Å². The van der Waals surface area contributed by atoms with Crippen LogP contribution in [0.25, 0.3) is 0 Å². The zero-order valence-electron chi connectivity index (χ0n) is 11.1. The summed E-state index contributed by atoms with van der Waals surface area (Å²) in [5, 5.41) is 0.546. The lowest BCUT2D eigenvalue weighted by molar-refractivity contribution is 0.0572. The zero-order valence-corrected chi connectivity index (χ0v) is 11.8. The van der Waals surface area contributed by atoms with Crippen LogP contribution in [0.5, 0.6) is 0 Å². The summed E-state index contributed by atoms with van der Waals surface area (Å²) in [5.74, 6) is 0.395. The minimum atomic E-state index is -0.0185. The molecule has 104 valence electrons. The number of carbonyl (C=O) groups is 1. The molecule has 1 amide bonds. The number of hydrogen-bond donors (Lipinski definition) is 1. The van der Waals surface area contributed by atoms with E-state index in [4.69, 9.17) is 22.1 Å². The number of amides is 1. The van der Waals surface area contributed by atoms with Crippen molar-refractivity contribution in [3.8, 4) is 0 Å². The Balaban J connectivity index is 2.10. The summed E-state index contributed by atoms with van der Waals surface area (Å²) in [6, 6.07) is 5.01. The van der Waals surface area contributed by atoms with E-state index in [1.807, 2.05) is 4.90 Å². The molecule has 5 heteroatoms. The Kier molecular flexibility index (Phi) is 4.66. The highest BCUT2D eigenvalue weighted by Gasteiger charge is 2.25. The number of anilines is 1. The summed E-state index contributed by atoms with van der Waals surface area (Å²) < 4.78 is 5.17. The monoisotopic (exact) mass is 282 g/mol. The molecule has 1 unspecified atom stereocenters. The van der Waals surface area contributed by atoms with Crippen molar-refractivity contribution in [2.75, 3.05) is 32.5 Å². The highest BCUT2D eigenvalue weighted by molar-refractivity contribution is 6.31. The minimum absolute atomic E-state index is 0.0185. The largest absolute Gasteiger partial charge is 0.398 e. The van der Waals surface area contributed by atoms with Gasteiger partial charge < -0.3 is 15.4 Å². The highest BCUT2D eigenvalue weighted by atomic mass is 35.5. The van der Waals surface area contributed by atoms with Crippen molar-refractivity contribution in [3.05, 3.63) is 28.8 Å². The average Bonchev–Trinajstić information content (AvgIpc) is 2.39. The van der Waals surface area contributed by atoms with E-state index in [1.165, 1.54) is 0 Å². The first-order valence-corrected chi connectivity index (χ1v) is 6.83. The van der Waals surface area contributed by atoms with Crippen LogP contribution in [0.15, 0.2) is 18.2 Å². The van der Waals surface area contributed by atoms with Crippen LogP contribution in [0.3, 0.4) is 0 Å². The van der Waals surface area contributed by atoms with Gasteiger partial charge in [-0.05, 0) is 37.0 Å². The van der Waals surface area contributed by atoms with Gasteiger partial charge in [0, 0.05) is 30.9 Å². The molecule has 2 rings (SSSR count). The van der Waals surface area contributed by atoms with Crippen LogP contribution in [0.4, 0.5) is 5.69 Å². The van der Waals surface area contributed by atoms with Gasteiger partial charge in [-0.3, -0.25) is 4.79 Å². The van der Waals surface area contributed by atoms with Gasteiger partial charge in [0.2, 0.25) is 0 Å². The van der Waals surface area contributed by atoms with Gasteiger partial charge in [0.1, 0.15) is 0 Å². The molecule has 1 fully saturated rings. The molecule has 1 aromatic rings. The Labute approximate surface area is 118 Å². The number of carbonyl (C=O) groups excluding carboxylic acids is 1. The van der Waals surface area contributed by atoms with E-state index in [2.05, 4.69) is 0 Å². The maximum Gasteiger partial charge on any atom is 0.255 e. The first kappa shape index (κ1) is 14.2. The fourth-order valence-electron chi connectivity index (χ4n) is 2.52. The summed E-state index contributed by atoms with van der Waals surface area (Å²) in [6.45, 7) is 2.20. The fraction of sp³-hybridized carbons (Fsp3) is 0.500. The number of benzene rings is 1. The molecule has 1 heterocycles. The third-order valence-corrected chi connectivity index (χ3v) is 3.69. The van der Waals surface area contributed by atoms with Gasteiger partial charge in [-0.1, -0.05) is 11.6 Å². The van der Waals surface area contributed by atoms with Gasteiger partial charge in [0.05, 0.1) is 12.2 Å². The number of rotatable bonds is 3. The van der Waals surface area contributed by atoms with Crippen molar-refractivity contribution >= 4 is 23.2 Å². The zero-order chi connectivity index (χ0) is 13.8. The lowest BCUT2D eigenvalue weighted by Crippen LogP contribution is -2.41. The number of nitrogens with zero attached hydrogens (tertiary/aromatic N) is 1. The third-order valence-electron chi connectivity index (χ3n) is 3.45. The number of nitrogen functional groups attached to an aromatic ring is 1. The molecule has 19 heavy (non-hydrogen) atoms. The number of halogens is 1. The first-order valence-electron chi connectivity index (χ1n) is 6.45. The van der Waals surface area contributed by atoms with E-state index in [-0.39, 0.29) is 5.91 Å². The molecule has 0 radical (unpaired) electrons. The van der Waals surface area contributed by atoms with Crippen LogP contribution in [0, 0.1) is 5.92 Å². The lowest BCUT2D eigenvalue weighted by atomic mass is 9.98. The second-order valence-corrected chi connectivity index (χ2v) is 5.38. The Hall–Kier alpha value is -1.26. The molecule has 0 aromatic heterocycles. The minimum Gasteiger partial charge on any atom is -0.398 e. The van der Waals surface area contributed by atoms with E-state index < -0.39 is 0 Å². The van der Waals surface area contributed by atoms with Gasteiger partial charge >= 0.3 is 0 Å². The van der Waals surface area contributed by atoms with Crippen LogP contribution in [-0.2, 0) is 4.74 Å². The van der Waals surface area contributed by atoms with Crippen LogP contribution in [-0.4, -0.2) is 37.6 Å². The van der Waals surface area contributed by atoms with Crippen molar-refractivity contribution in [1.29, 1.82) is 0 Å². The maximum atomic E-state index is 12.4. The molecule has 1 aromatic carbocycles. The van der Waals surface area contributed by atoms with Crippen LogP contribution in [0.1, 0.15) is 23.2 Å². The number of methoxy groups -OCH3 is 1. The number of piperidine rings is 1. The molecule has 0 aliphatic carbocycles. The summed E-state index contributed by atoms with van der Waals surface area (Å²) in [4.78, 5) is 14.3. The second kappa shape index (κ2) is 6.26. The van der Waals surface area contributed by atoms with Crippen molar-refractivity contribution in [2.24, 2.45) is 5.92 Å². The number of likely N-dealkylation sites (tertiary alicyclic amines) is 1. The number of hydrogen-bond acceptors (Lipinski definition) is 3. The molecule has 0 spiro atoms. The molecule has 2 N–H and O–H groups in total. The predicted molar refractivity (Wildman–Crippen MR) is 76.4 cm³/mol. The van der Waals surface area contributed by atoms with E-state index in [9.17, 15) is 4.79 Å². The molecule has 1 aliphatic heterocycles. The topological polar surface area (TPSA) is 55.6 Å². The van der Waals surface area contributed by atoms with Gasteiger partial charge in [0.25, 0.3) is 5.91 Å². The van der Waals surface area contributed by atoms with Gasteiger partial charge in [-0.2, -0.15) is 0 Å². The normalized spacial score (nSPS) is 19.5. The fourth-order valence-corrected chi connectivity index (χ4v) is 2.70. The molecular weight excluding hydrogens is 264 g/mol. The average molecular weight is 283 g/mol. The lowest BCUT2D eigenvalue weighted by Gasteiger charge is -2.32. The van der Waals surface area contributed by atoms with Crippen LogP contribution in [0.2, 0.25) is 5.02 Å². The summed E-state index contributed by atoms with van der Waals surface area (Å²) in [7, 11) is 1.69. The number of ether oxygens (including phenoxy) is 1. The van der Waals surface area contributed by atoms with Crippen LogP contribution >= 0.6 is 11.6 Å². The Morgan fingerprint density at radius 1 is 1.58 bits per heavy atom. The highest BCUT2D eigenvalue weighted by Crippen LogP contribution is 2.23. The Morgan fingerprint density at radius 2 is 2.37 bits per heavy atom. The molecule has 1 saturated heterocycles. The molecular formula is C14H19ClN2O2. The molecule has 4 nitrogen and oxygen atoms in total. The molecule has 0 saturated carbocycles. The van der Waals surface area contributed by atoms with Gasteiger partial charge in [-0.25, -0.2) is 0 Å². The molecule has 1 atom stereocenters. The predicted octanol–water partition coefficient (Wildman–Crippen LogP) is 2.42. The first-order chi connectivity index (χ1) is 9.11. The van der Waals surface area contributed by atoms with E-state index in [1.54, 1.807) is 25.3 Å². The van der Waals surface area contributed by atoms with E-state index in [0.717, 1.165) is 25.9 Å². The Bertz CT molecular complexity index is 463. The third kappa shape index (κ3) is 3.39. The van der Waals surface area contributed by atoms with Crippen molar-refractivity contribution in [2.45, 2.75) is 12.8 Å². The summed E-state index contributed by atoms with van der Waals surface area (Å²) >= 11 is 5.85. The van der Waals surface area contributed by atoms with Crippen molar-refractivity contribution in [1.82, 2.24) is 4.90 Å². The van der Waals surface area contributed by atoms with Crippen molar-refractivity contribution < 1.29 is 9.53 Å². The smallest absolute Gasteiger partial charge is 0.255 e. The molecule has 1 aliphatic rings. The van der Waals surface area contributed by atoms with Gasteiger partial charge in [0.15, 0.2) is 0 Å². The SMILES string of the molecule is COCC1CCCN(C(=O)c2ccc(Cl)cc2N)C1. The quantitative estimate of drug-likeness (QED) is 0.866. The molecule has 0 bridgehead atoms. The Morgan fingerprint density at radius 3 is 3.05 bits per heavy atom. The van der Waals surface area contributed by atoms with Crippen LogP contribution < -0.4 is 5.73 Å². The summed E-state index contributed by atoms with van der Waals surface area (Å²) in [5.41, 5.74) is 6.83. The summed E-state index contributed by atoms with van der Waals surface area (Å²) in [6.07, 6.45) is 2.11. The standard InChI is InChI=1S/C14H19ClN2O2/c1-19-9-10-3-2-6-17(8-10)14(18)12-5-4-11(15)7-13(12)16/h4-5,7,10H,2-3,6,8-9,16H2,1H3. The van der Waals surface area contributed by atoms with Gasteiger partial charge in [-0.15, -0.1) is 0 Å². The van der Waals surface area contributed by atoms with Crippen molar-refractivity contribution in [3.63, 3.8) is 0 Å². The number of nitrogens with two attached hydrogens (primary N) is 1.